The van der Waals surface area contributed by atoms with E-state index in [2.05, 4.69) is 10.4 Å². The fraction of sp³-hybridized carbons (Fsp3) is 0.250. The number of allylic oxidation sites excluding steroid dienone is 1. The molecule has 2 aromatic rings. The minimum atomic E-state index is -0.313. The lowest BCUT2D eigenvalue weighted by Gasteiger charge is -2.15. The van der Waals surface area contributed by atoms with Gasteiger partial charge in [0.1, 0.15) is 5.15 Å². The summed E-state index contributed by atoms with van der Waals surface area (Å²) in [5.41, 5.74) is 7.97. The Kier molecular flexibility index (Phi) is 6.67. The van der Waals surface area contributed by atoms with Crippen LogP contribution >= 0.6 is 34.8 Å². The van der Waals surface area contributed by atoms with Crippen LogP contribution in [0.2, 0.25) is 15.2 Å². The highest BCUT2D eigenvalue weighted by atomic mass is 35.5. The molecule has 9 heteroatoms. The third-order valence-corrected chi connectivity index (χ3v) is 5.78. The molecule has 1 aromatic heterocycles. The Labute approximate surface area is 183 Å². The van der Waals surface area contributed by atoms with Crippen LogP contribution in [0.15, 0.2) is 42.0 Å². The number of aromatic nitrogens is 2. The Balaban J connectivity index is 1.71. The molecule has 1 aliphatic rings. The maximum atomic E-state index is 12.7. The highest BCUT2D eigenvalue weighted by Crippen LogP contribution is 2.28. The van der Waals surface area contributed by atoms with Crippen LogP contribution in [0.1, 0.15) is 28.0 Å². The van der Waals surface area contributed by atoms with Gasteiger partial charge in [-0.05, 0) is 31.1 Å². The Bertz CT molecular complexity index is 1010. The summed E-state index contributed by atoms with van der Waals surface area (Å²) >= 11 is 18.9. The number of rotatable bonds is 6. The molecule has 1 aromatic carbocycles. The second-order valence-corrected chi connectivity index (χ2v) is 7.90. The molecule has 0 fully saturated rings. The summed E-state index contributed by atoms with van der Waals surface area (Å²) in [5, 5.41) is 16.0. The summed E-state index contributed by atoms with van der Waals surface area (Å²) < 4.78 is 1.51. The molecular formula is C20H20Cl3N5O. The highest BCUT2D eigenvalue weighted by Gasteiger charge is 2.21. The largest absolute Gasteiger partial charge is 0.387 e. The number of benzene rings is 1. The molecule has 1 amide bonds. The molecule has 6 nitrogen and oxygen atoms in total. The smallest absolute Gasteiger partial charge is 0.256 e. The van der Waals surface area contributed by atoms with Gasteiger partial charge in [0, 0.05) is 28.1 Å². The quantitative estimate of drug-likeness (QED) is 0.448. The van der Waals surface area contributed by atoms with Crippen molar-refractivity contribution in [1.82, 2.24) is 15.1 Å². The van der Waals surface area contributed by atoms with Crippen LogP contribution in [-0.4, -0.2) is 28.1 Å². The molecule has 1 heterocycles. The first kappa shape index (κ1) is 21.4. The summed E-state index contributed by atoms with van der Waals surface area (Å²) in [4.78, 5) is 12.7. The van der Waals surface area contributed by atoms with Crippen LogP contribution in [0.25, 0.3) is 0 Å². The first-order chi connectivity index (χ1) is 13.8. The minimum absolute atomic E-state index is 0.0824. The minimum Gasteiger partial charge on any atom is -0.387 e. The van der Waals surface area contributed by atoms with Crippen LogP contribution in [0, 0.1) is 18.3 Å². The van der Waals surface area contributed by atoms with Gasteiger partial charge >= 0.3 is 0 Å². The zero-order chi connectivity index (χ0) is 21.1. The van der Waals surface area contributed by atoms with Crippen molar-refractivity contribution in [2.24, 2.45) is 11.7 Å². The average Bonchev–Trinajstić information content (AvgIpc) is 2.96. The van der Waals surface area contributed by atoms with Gasteiger partial charge in [-0.15, -0.1) is 0 Å². The van der Waals surface area contributed by atoms with Crippen molar-refractivity contribution in [2.75, 3.05) is 6.54 Å². The van der Waals surface area contributed by atoms with Gasteiger partial charge in [0.05, 0.1) is 23.6 Å². The molecule has 0 aliphatic heterocycles. The van der Waals surface area contributed by atoms with Crippen LogP contribution < -0.4 is 11.1 Å². The topological polar surface area (TPSA) is 96.8 Å². The van der Waals surface area contributed by atoms with Crippen molar-refractivity contribution in [2.45, 2.75) is 19.9 Å². The fourth-order valence-electron chi connectivity index (χ4n) is 3.05. The van der Waals surface area contributed by atoms with Crippen LogP contribution in [0.3, 0.4) is 0 Å². The van der Waals surface area contributed by atoms with Crippen molar-refractivity contribution < 1.29 is 4.79 Å². The number of halogens is 3. The van der Waals surface area contributed by atoms with Crippen molar-refractivity contribution in [3.63, 3.8) is 0 Å². The van der Waals surface area contributed by atoms with E-state index >= 15 is 0 Å². The van der Waals surface area contributed by atoms with E-state index in [0.717, 1.165) is 5.57 Å². The van der Waals surface area contributed by atoms with Gasteiger partial charge in [0.2, 0.25) is 0 Å². The molecule has 1 unspecified atom stereocenters. The lowest BCUT2D eigenvalue weighted by atomic mass is 9.96. The first-order valence-corrected chi connectivity index (χ1v) is 10.1. The predicted octanol–water partition coefficient (Wildman–Crippen LogP) is 4.37. The number of aryl methyl sites for hydroxylation is 1. The van der Waals surface area contributed by atoms with Crippen LogP contribution in [0.5, 0.6) is 0 Å². The van der Waals surface area contributed by atoms with Crippen molar-refractivity contribution in [3.05, 3.63) is 74.0 Å². The first-order valence-electron chi connectivity index (χ1n) is 8.93. The van der Waals surface area contributed by atoms with E-state index in [1.807, 2.05) is 18.2 Å². The van der Waals surface area contributed by atoms with Crippen molar-refractivity contribution in [3.8, 4) is 0 Å². The monoisotopic (exact) mass is 451 g/mol. The standard InChI is InChI=1S/C20H20Cl3N5O/c1-11-17(20(29)26-9-12-5-7-13(8-6-12)19(24)25)18(23)28(27-11)10-14-15(21)3-2-4-16(14)22/h2-7,13H,8-10H2,1H3,(H3,24,25)(H,26,29). The molecule has 1 aliphatic carbocycles. The molecule has 152 valence electrons. The highest BCUT2D eigenvalue weighted by molar-refractivity contribution is 6.36. The zero-order valence-corrected chi connectivity index (χ0v) is 17.9. The average molecular weight is 453 g/mol. The molecule has 0 spiro atoms. The summed E-state index contributed by atoms with van der Waals surface area (Å²) in [5.74, 6) is -0.262. The number of hydrogen-bond donors (Lipinski definition) is 3. The molecule has 0 saturated carbocycles. The lowest BCUT2D eigenvalue weighted by Crippen LogP contribution is -2.27. The maximum absolute atomic E-state index is 12.7. The van der Waals surface area contributed by atoms with Gasteiger partial charge in [0.15, 0.2) is 0 Å². The van der Waals surface area contributed by atoms with Gasteiger partial charge in [0.25, 0.3) is 5.91 Å². The van der Waals surface area contributed by atoms with Crippen molar-refractivity contribution >= 4 is 46.5 Å². The lowest BCUT2D eigenvalue weighted by molar-refractivity contribution is 0.0956. The number of nitrogens with two attached hydrogens (primary N) is 1. The summed E-state index contributed by atoms with van der Waals surface area (Å²) in [6.45, 7) is 2.33. The molecule has 0 radical (unpaired) electrons. The molecule has 0 bridgehead atoms. The number of nitrogens with one attached hydrogen (secondary N) is 2. The Morgan fingerprint density at radius 3 is 2.62 bits per heavy atom. The molecular weight excluding hydrogens is 433 g/mol. The number of nitrogens with zero attached hydrogens (tertiary/aromatic N) is 2. The van der Waals surface area contributed by atoms with E-state index < -0.39 is 0 Å². The zero-order valence-electron chi connectivity index (χ0n) is 15.7. The summed E-state index contributed by atoms with van der Waals surface area (Å²) in [6.07, 6.45) is 6.34. The van der Waals surface area contributed by atoms with Crippen LogP contribution in [0.4, 0.5) is 0 Å². The molecule has 29 heavy (non-hydrogen) atoms. The molecule has 1 atom stereocenters. The molecule has 3 rings (SSSR count). The fourth-order valence-corrected chi connectivity index (χ4v) is 3.88. The van der Waals surface area contributed by atoms with E-state index in [-0.39, 0.29) is 29.4 Å². The predicted molar refractivity (Wildman–Crippen MR) is 117 cm³/mol. The van der Waals surface area contributed by atoms with Crippen LogP contribution in [-0.2, 0) is 6.54 Å². The van der Waals surface area contributed by atoms with Gasteiger partial charge in [-0.2, -0.15) is 5.10 Å². The third kappa shape index (κ3) is 4.83. The van der Waals surface area contributed by atoms with E-state index in [4.69, 9.17) is 45.9 Å². The maximum Gasteiger partial charge on any atom is 0.256 e. The van der Waals surface area contributed by atoms with Crippen molar-refractivity contribution in [1.29, 1.82) is 5.41 Å². The second kappa shape index (κ2) is 9.03. The van der Waals surface area contributed by atoms with E-state index in [9.17, 15) is 4.79 Å². The number of carbonyl (C=O) groups is 1. The second-order valence-electron chi connectivity index (χ2n) is 6.73. The van der Waals surface area contributed by atoms with Gasteiger partial charge in [-0.3, -0.25) is 10.2 Å². The van der Waals surface area contributed by atoms with E-state index in [0.29, 0.717) is 39.8 Å². The Hall–Kier alpha value is -2.28. The summed E-state index contributed by atoms with van der Waals surface area (Å²) in [6, 6.07) is 5.24. The molecule has 0 saturated heterocycles. The molecule has 4 N–H and O–H groups in total. The number of carbonyl (C=O) groups excluding carboxylic acids is 1. The SMILES string of the molecule is Cc1nn(Cc2c(Cl)cccc2Cl)c(Cl)c1C(=O)NCC1=CCC(C(=N)N)C=C1. The van der Waals surface area contributed by atoms with Gasteiger partial charge < -0.3 is 11.1 Å². The normalized spacial score (nSPS) is 15.9. The Morgan fingerprint density at radius 2 is 2.03 bits per heavy atom. The number of hydrogen-bond acceptors (Lipinski definition) is 3. The number of amides is 1. The van der Waals surface area contributed by atoms with Gasteiger partial charge in [-0.25, -0.2) is 4.68 Å². The van der Waals surface area contributed by atoms with Gasteiger partial charge in [-0.1, -0.05) is 59.1 Å². The number of amidine groups is 1. The summed E-state index contributed by atoms with van der Waals surface area (Å²) in [7, 11) is 0. The van der Waals surface area contributed by atoms with E-state index in [1.165, 1.54) is 4.68 Å². The van der Waals surface area contributed by atoms with E-state index in [1.54, 1.807) is 25.1 Å². The third-order valence-electron chi connectivity index (χ3n) is 4.69. The Morgan fingerprint density at radius 1 is 1.34 bits per heavy atom.